The number of anilines is 2. The SMILES string of the molecule is Cc1cc(Nc2nccc(C(F)(F)F)n2)ccc1C1=S(F)(F)(F)C=NC1. The van der Waals surface area contributed by atoms with E-state index in [9.17, 15) is 24.8 Å². The third-order valence-corrected chi connectivity index (χ3v) is 5.32. The third kappa shape index (κ3) is 3.57. The predicted octanol–water partition coefficient (Wildman–Crippen LogP) is 5.10. The molecule has 1 aliphatic heterocycles. The van der Waals surface area contributed by atoms with Crippen molar-refractivity contribution in [2.45, 2.75) is 13.1 Å². The minimum absolute atomic E-state index is 0.0208. The van der Waals surface area contributed by atoms with Crippen molar-refractivity contribution in [3.05, 3.63) is 47.3 Å². The van der Waals surface area contributed by atoms with Crippen LogP contribution in [0.1, 0.15) is 16.8 Å². The summed E-state index contributed by atoms with van der Waals surface area (Å²) in [6.07, 6.45) is -3.67. The first-order chi connectivity index (χ1) is 11.9. The molecule has 0 saturated heterocycles. The van der Waals surface area contributed by atoms with Crippen LogP contribution in [0.4, 0.5) is 36.5 Å². The van der Waals surface area contributed by atoms with Gasteiger partial charge in [0, 0.05) is 11.9 Å². The van der Waals surface area contributed by atoms with Crippen LogP contribution in [-0.4, -0.2) is 26.9 Å². The number of alkyl halides is 3. The molecule has 0 amide bonds. The van der Waals surface area contributed by atoms with Gasteiger partial charge in [-0.25, -0.2) is 9.97 Å². The van der Waals surface area contributed by atoms with Gasteiger partial charge in [-0.3, -0.25) is 4.99 Å². The molecular formula is C15H12F6N4S. The number of hydrogen-bond acceptors (Lipinski definition) is 4. The molecule has 2 heterocycles. The molecule has 1 aromatic heterocycles. The molecular weight excluding hydrogens is 382 g/mol. The summed E-state index contributed by atoms with van der Waals surface area (Å²) in [6, 6.07) is 4.72. The molecule has 2 aromatic rings. The standard InChI is InChI=1S/C15H12F6N4S/c1-9-6-10(24-14-23-5-4-13(25-14)15(16,17)18)2-3-11(9)12-7-22-8-26(12,19,20)21/h2-6,8H,7H2,1H3,(H,23,24,25). The van der Waals surface area contributed by atoms with E-state index in [1.54, 1.807) is 0 Å². The molecule has 3 rings (SSSR count). The Balaban J connectivity index is 1.92. The summed E-state index contributed by atoms with van der Waals surface area (Å²) in [7, 11) is -6.32. The zero-order chi connectivity index (χ0) is 19.2. The van der Waals surface area contributed by atoms with Crippen molar-refractivity contribution in [2.24, 2.45) is 4.99 Å². The van der Waals surface area contributed by atoms with E-state index in [-0.39, 0.29) is 22.7 Å². The molecule has 0 bridgehead atoms. The fourth-order valence-electron chi connectivity index (χ4n) is 2.45. The lowest BCUT2D eigenvalue weighted by Gasteiger charge is -2.20. The highest BCUT2D eigenvalue weighted by atomic mass is 32.4. The van der Waals surface area contributed by atoms with Crippen LogP contribution in [-0.2, 0) is 6.18 Å². The summed E-state index contributed by atoms with van der Waals surface area (Å²) < 4.78 is 79.6. The van der Waals surface area contributed by atoms with E-state index in [1.807, 2.05) is 0 Å². The maximum absolute atomic E-state index is 13.9. The van der Waals surface area contributed by atoms with Crippen LogP contribution in [0.25, 0.3) is 0 Å². The molecule has 26 heavy (non-hydrogen) atoms. The Morgan fingerprint density at radius 2 is 1.85 bits per heavy atom. The van der Waals surface area contributed by atoms with Gasteiger partial charge >= 0.3 is 6.18 Å². The molecule has 0 spiro atoms. The van der Waals surface area contributed by atoms with Gasteiger partial charge < -0.3 is 5.32 Å². The number of aromatic nitrogens is 2. The predicted molar refractivity (Wildman–Crippen MR) is 89.9 cm³/mol. The number of aryl methyl sites for hydroxylation is 1. The molecule has 0 aliphatic carbocycles. The van der Waals surface area contributed by atoms with Gasteiger partial charge in [0.2, 0.25) is 5.95 Å². The van der Waals surface area contributed by atoms with E-state index >= 15 is 0 Å². The van der Waals surface area contributed by atoms with Gasteiger partial charge in [-0.15, -0.1) is 11.7 Å². The number of aliphatic imine (C=N–C) groups is 1. The Morgan fingerprint density at radius 1 is 1.12 bits per heavy atom. The summed E-state index contributed by atoms with van der Waals surface area (Å²) in [6.45, 7) is 1.05. The zero-order valence-corrected chi connectivity index (χ0v) is 14.0. The second-order valence-electron chi connectivity index (χ2n) is 5.58. The van der Waals surface area contributed by atoms with Gasteiger partial charge in [0.1, 0.15) is 11.2 Å². The average molecular weight is 394 g/mol. The van der Waals surface area contributed by atoms with E-state index in [0.717, 1.165) is 12.3 Å². The molecule has 0 saturated carbocycles. The van der Waals surface area contributed by atoms with Crippen LogP contribution in [0.15, 0.2) is 35.5 Å². The van der Waals surface area contributed by atoms with Gasteiger partial charge in [0.15, 0.2) is 9.91 Å². The number of nitrogens with one attached hydrogen (secondary N) is 1. The Hall–Kier alpha value is -2.43. The summed E-state index contributed by atoms with van der Waals surface area (Å²) in [4.78, 5) is 9.71. The average Bonchev–Trinajstić information content (AvgIpc) is 2.81. The quantitative estimate of drug-likeness (QED) is 0.582. The van der Waals surface area contributed by atoms with E-state index in [1.165, 1.54) is 25.1 Å². The minimum atomic E-state index is -6.32. The molecule has 0 unspecified atom stereocenters. The maximum atomic E-state index is 13.9. The van der Waals surface area contributed by atoms with Gasteiger partial charge in [0.25, 0.3) is 0 Å². The van der Waals surface area contributed by atoms with Crippen LogP contribution in [0, 0.1) is 6.92 Å². The van der Waals surface area contributed by atoms with Crippen LogP contribution in [0.5, 0.6) is 0 Å². The van der Waals surface area contributed by atoms with Crippen molar-refractivity contribution in [1.82, 2.24) is 9.97 Å². The smallest absolute Gasteiger partial charge is 0.324 e. The highest BCUT2D eigenvalue weighted by Crippen LogP contribution is 2.66. The second kappa shape index (κ2) is 5.79. The highest BCUT2D eigenvalue weighted by molar-refractivity contribution is 8.46. The lowest BCUT2D eigenvalue weighted by atomic mass is 10.0. The van der Waals surface area contributed by atoms with Crippen molar-refractivity contribution in [1.29, 1.82) is 0 Å². The van der Waals surface area contributed by atoms with E-state index in [0.29, 0.717) is 5.56 Å². The first-order valence-electron chi connectivity index (χ1n) is 7.19. The Bertz CT molecular complexity index is 965. The molecule has 0 radical (unpaired) electrons. The van der Waals surface area contributed by atoms with Crippen molar-refractivity contribution < 1.29 is 24.8 Å². The summed E-state index contributed by atoms with van der Waals surface area (Å²) >= 11 is 0. The summed E-state index contributed by atoms with van der Waals surface area (Å²) in [5.74, 6) is -0.302. The first kappa shape index (κ1) is 18.4. The fourth-order valence-corrected chi connectivity index (χ4v) is 3.80. The molecule has 0 atom stereocenters. The van der Waals surface area contributed by atoms with Crippen molar-refractivity contribution >= 4 is 32.0 Å². The van der Waals surface area contributed by atoms with Crippen molar-refractivity contribution in [3.63, 3.8) is 0 Å². The molecule has 140 valence electrons. The molecule has 0 fully saturated rings. The first-order valence-corrected chi connectivity index (χ1v) is 8.99. The van der Waals surface area contributed by atoms with Gasteiger partial charge in [-0.2, -0.15) is 13.2 Å². The van der Waals surface area contributed by atoms with E-state index < -0.39 is 33.2 Å². The minimum Gasteiger partial charge on any atom is -0.324 e. The number of halogens is 6. The van der Waals surface area contributed by atoms with Crippen LogP contribution in [0.3, 0.4) is 0 Å². The third-order valence-electron chi connectivity index (χ3n) is 3.63. The number of benzene rings is 1. The van der Waals surface area contributed by atoms with Crippen LogP contribution in [0.2, 0.25) is 0 Å². The van der Waals surface area contributed by atoms with E-state index in [2.05, 4.69) is 20.3 Å². The summed E-state index contributed by atoms with van der Waals surface area (Å²) in [5, 5.41) is 2.57. The normalized spacial score (nSPS) is 19.8. The Labute approximate surface area is 144 Å². The molecule has 1 aliphatic rings. The molecule has 4 nitrogen and oxygen atoms in total. The topological polar surface area (TPSA) is 50.2 Å². The summed E-state index contributed by atoms with van der Waals surface area (Å²) in [5.41, 5.74) is -0.426. The number of nitrogens with zero attached hydrogens (tertiary/aromatic N) is 3. The maximum Gasteiger partial charge on any atom is 0.433 e. The van der Waals surface area contributed by atoms with Gasteiger partial charge in [-0.1, -0.05) is 6.07 Å². The lowest BCUT2D eigenvalue weighted by molar-refractivity contribution is -0.141. The van der Waals surface area contributed by atoms with Crippen molar-refractivity contribution in [3.8, 4) is 0 Å². The molecule has 11 heteroatoms. The number of hydrogen-bond donors (Lipinski definition) is 1. The Morgan fingerprint density at radius 3 is 2.42 bits per heavy atom. The van der Waals surface area contributed by atoms with Crippen molar-refractivity contribution in [2.75, 3.05) is 11.9 Å². The van der Waals surface area contributed by atoms with Gasteiger partial charge in [-0.05, 0) is 36.2 Å². The second-order valence-corrected chi connectivity index (χ2v) is 7.87. The monoisotopic (exact) mass is 394 g/mol. The molecule has 1 aromatic carbocycles. The molecule has 1 N–H and O–H groups in total. The Kier molecular flexibility index (Phi) is 4.09. The lowest BCUT2D eigenvalue weighted by Crippen LogP contribution is -2.11. The van der Waals surface area contributed by atoms with E-state index in [4.69, 9.17) is 0 Å². The van der Waals surface area contributed by atoms with Crippen LogP contribution < -0.4 is 5.32 Å². The van der Waals surface area contributed by atoms with Crippen LogP contribution >= 0.6 is 9.91 Å². The number of rotatable bonds is 3. The zero-order valence-electron chi connectivity index (χ0n) is 13.2. The van der Waals surface area contributed by atoms with Gasteiger partial charge in [0.05, 0.1) is 11.4 Å². The largest absolute Gasteiger partial charge is 0.433 e. The highest BCUT2D eigenvalue weighted by Gasteiger charge is 2.39. The fraction of sp³-hybridized carbons (Fsp3) is 0.200.